The highest BCUT2D eigenvalue weighted by Crippen LogP contribution is 2.13. The van der Waals surface area contributed by atoms with Crippen LogP contribution in [0.5, 0.6) is 0 Å². The zero-order valence-electron chi connectivity index (χ0n) is 6.45. The Labute approximate surface area is 65.1 Å². The van der Waals surface area contributed by atoms with Crippen LogP contribution < -0.4 is 0 Å². The molecule has 1 aliphatic heterocycles. The number of hydrogen-bond acceptors (Lipinski definition) is 3. The Balaban J connectivity index is 2.45. The Bertz CT molecular complexity index is 169. The third-order valence-corrected chi connectivity index (χ3v) is 1.80. The van der Waals surface area contributed by atoms with E-state index < -0.39 is 6.23 Å². The van der Waals surface area contributed by atoms with Crippen LogP contribution in [0.2, 0.25) is 0 Å². The molecule has 0 aliphatic carbocycles. The van der Waals surface area contributed by atoms with Gasteiger partial charge in [-0.1, -0.05) is 0 Å². The van der Waals surface area contributed by atoms with Crippen molar-refractivity contribution in [2.45, 2.75) is 26.0 Å². The van der Waals surface area contributed by atoms with Crippen molar-refractivity contribution in [1.29, 1.82) is 0 Å². The van der Waals surface area contributed by atoms with Gasteiger partial charge in [0.1, 0.15) is 0 Å². The maximum Gasteiger partial charge on any atom is 0.294 e. The molecular formula is C7H11NO3. The molecule has 4 nitrogen and oxygen atoms in total. The summed E-state index contributed by atoms with van der Waals surface area (Å²) in [6.07, 6.45) is 1.04. The third kappa shape index (κ3) is 1.69. The fraction of sp³-hybridized carbons (Fsp3) is 0.714. The van der Waals surface area contributed by atoms with Gasteiger partial charge >= 0.3 is 0 Å². The summed E-state index contributed by atoms with van der Waals surface area (Å²) in [7, 11) is 0. The molecule has 1 rings (SSSR count). The third-order valence-electron chi connectivity index (χ3n) is 1.80. The van der Waals surface area contributed by atoms with Gasteiger partial charge in [-0.25, -0.2) is 0 Å². The highest BCUT2D eigenvalue weighted by atomic mass is 16.5. The zero-order valence-corrected chi connectivity index (χ0v) is 6.45. The fourth-order valence-corrected chi connectivity index (χ4v) is 1.21. The van der Waals surface area contributed by atoms with Crippen molar-refractivity contribution < 1.29 is 14.3 Å². The molecule has 1 amide bonds. The predicted molar refractivity (Wildman–Crippen MR) is 37.6 cm³/mol. The first kappa shape index (κ1) is 8.04. The van der Waals surface area contributed by atoms with Crippen molar-refractivity contribution >= 4 is 12.4 Å². The first-order valence-electron chi connectivity index (χ1n) is 3.64. The van der Waals surface area contributed by atoms with Gasteiger partial charge in [0, 0.05) is 13.0 Å². The van der Waals surface area contributed by atoms with Crippen LogP contribution in [0.4, 0.5) is 0 Å². The topological polar surface area (TPSA) is 46.6 Å². The molecule has 11 heavy (non-hydrogen) atoms. The lowest BCUT2D eigenvalue weighted by atomic mass is 10.4. The van der Waals surface area contributed by atoms with E-state index in [1.165, 1.54) is 0 Å². The summed E-state index contributed by atoms with van der Waals surface area (Å²) < 4.78 is 4.62. The number of amides is 1. The minimum Gasteiger partial charge on any atom is -0.444 e. The highest BCUT2D eigenvalue weighted by molar-refractivity contribution is 5.78. The minimum absolute atomic E-state index is 0.0688. The second kappa shape index (κ2) is 3.37. The zero-order chi connectivity index (χ0) is 8.27. The van der Waals surface area contributed by atoms with E-state index in [0.717, 1.165) is 6.42 Å². The Hall–Kier alpha value is -1.06. The van der Waals surface area contributed by atoms with E-state index in [-0.39, 0.29) is 5.91 Å². The van der Waals surface area contributed by atoms with Crippen molar-refractivity contribution in [1.82, 2.24) is 4.90 Å². The molecule has 62 valence electrons. The molecule has 1 heterocycles. The van der Waals surface area contributed by atoms with E-state index in [2.05, 4.69) is 4.74 Å². The summed E-state index contributed by atoms with van der Waals surface area (Å²) in [6, 6.07) is 0. The van der Waals surface area contributed by atoms with Crippen molar-refractivity contribution in [3.63, 3.8) is 0 Å². The maximum atomic E-state index is 11.0. The SMILES string of the molecule is CC(OC=O)N1CCCC1=O. The van der Waals surface area contributed by atoms with Crippen LogP contribution in [0.15, 0.2) is 0 Å². The predicted octanol–water partition coefficient (Wildman–Crippen LogP) is 0.128. The molecule has 0 aromatic rings. The van der Waals surface area contributed by atoms with Gasteiger partial charge in [-0.3, -0.25) is 9.59 Å². The van der Waals surface area contributed by atoms with E-state index in [1.54, 1.807) is 11.8 Å². The molecule has 4 heteroatoms. The number of carbonyl (C=O) groups is 2. The summed E-state index contributed by atoms with van der Waals surface area (Å²) in [5.74, 6) is 0.0688. The fourth-order valence-electron chi connectivity index (χ4n) is 1.21. The van der Waals surface area contributed by atoms with Gasteiger partial charge in [-0.2, -0.15) is 0 Å². The number of ether oxygens (including phenoxy) is 1. The van der Waals surface area contributed by atoms with Crippen LogP contribution in [0.1, 0.15) is 19.8 Å². The molecule has 0 saturated carbocycles. The maximum absolute atomic E-state index is 11.0. The number of carbonyl (C=O) groups excluding carboxylic acids is 2. The average Bonchev–Trinajstić information content (AvgIpc) is 2.36. The minimum atomic E-state index is -0.400. The lowest BCUT2D eigenvalue weighted by molar-refractivity contribution is -0.149. The molecule has 0 spiro atoms. The molecule has 0 aromatic carbocycles. The van der Waals surface area contributed by atoms with E-state index in [1.807, 2.05) is 0 Å². The summed E-state index contributed by atoms with van der Waals surface area (Å²) in [5, 5.41) is 0. The van der Waals surface area contributed by atoms with Gasteiger partial charge in [0.2, 0.25) is 5.91 Å². The van der Waals surface area contributed by atoms with Gasteiger partial charge in [-0.15, -0.1) is 0 Å². The number of nitrogens with zero attached hydrogens (tertiary/aromatic N) is 1. The van der Waals surface area contributed by atoms with Gasteiger partial charge in [0.25, 0.3) is 6.47 Å². The molecule has 1 fully saturated rings. The van der Waals surface area contributed by atoms with Gasteiger partial charge in [0.05, 0.1) is 0 Å². The first-order chi connectivity index (χ1) is 5.25. The van der Waals surface area contributed by atoms with Crippen LogP contribution in [-0.2, 0) is 14.3 Å². The summed E-state index contributed by atoms with van der Waals surface area (Å²) in [6.45, 7) is 2.77. The average molecular weight is 157 g/mol. The first-order valence-corrected chi connectivity index (χ1v) is 3.64. The van der Waals surface area contributed by atoms with Crippen molar-refractivity contribution in [3.8, 4) is 0 Å². The molecule has 1 saturated heterocycles. The molecule has 0 aromatic heterocycles. The lowest BCUT2D eigenvalue weighted by Crippen LogP contribution is -2.35. The molecule has 1 aliphatic rings. The molecule has 1 atom stereocenters. The summed E-state index contributed by atoms with van der Waals surface area (Å²) in [5.41, 5.74) is 0. The number of likely N-dealkylation sites (tertiary alicyclic amines) is 1. The normalized spacial score (nSPS) is 20.1. The summed E-state index contributed by atoms with van der Waals surface area (Å²) >= 11 is 0. The quantitative estimate of drug-likeness (QED) is 0.547. The van der Waals surface area contributed by atoms with Crippen LogP contribution in [0.25, 0.3) is 0 Å². The highest BCUT2D eigenvalue weighted by Gasteiger charge is 2.25. The molecule has 1 unspecified atom stereocenters. The Morgan fingerprint density at radius 2 is 2.45 bits per heavy atom. The van der Waals surface area contributed by atoms with Crippen LogP contribution >= 0.6 is 0 Å². The van der Waals surface area contributed by atoms with E-state index in [9.17, 15) is 9.59 Å². The Kier molecular flexibility index (Phi) is 2.46. The molecule has 0 bridgehead atoms. The molecule has 0 N–H and O–H groups in total. The standard InChI is InChI=1S/C7H11NO3/c1-6(11-5-9)8-4-2-3-7(8)10/h5-6H,2-4H2,1H3. The lowest BCUT2D eigenvalue weighted by Gasteiger charge is -2.21. The number of hydrogen-bond donors (Lipinski definition) is 0. The molecular weight excluding hydrogens is 146 g/mol. The van der Waals surface area contributed by atoms with E-state index in [0.29, 0.717) is 19.4 Å². The van der Waals surface area contributed by atoms with Gasteiger partial charge < -0.3 is 9.64 Å². The Morgan fingerprint density at radius 1 is 1.73 bits per heavy atom. The van der Waals surface area contributed by atoms with Crippen molar-refractivity contribution in [3.05, 3.63) is 0 Å². The van der Waals surface area contributed by atoms with Gasteiger partial charge in [-0.05, 0) is 13.3 Å². The van der Waals surface area contributed by atoms with Crippen molar-refractivity contribution in [2.24, 2.45) is 0 Å². The second-order valence-electron chi connectivity index (χ2n) is 2.52. The van der Waals surface area contributed by atoms with Gasteiger partial charge in [0.15, 0.2) is 6.23 Å². The largest absolute Gasteiger partial charge is 0.444 e. The van der Waals surface area contributed by atoms with Crippen LogP contribution in [0.3, 0.4) is 0 Å². The molecule has 0 radical (unpaired) electrons. The summed E-state index contributed by atoms with van der Waals surface area (Å²) in [4.78, 5) is 22.5. The van der Waals surface area contributed by atoms with Crippen LogP contribution in [0, 0.1) is 0 Å². The second-order valence-corrected chi connectivity index (χ2v) is 2.52. The smallest absolute Gasteiger partial charge is 0.294 e. The van der Waals surface area contributed by atoms with Crippen LogP contribution in [-0.4, -0.2) is 30.1 Å². The monoisotopic (exact) mass is 157 g/mol. The van der Waals surface area contributed by atoms with Crippen molar-refractivity contribution in [2.75, 3.05) is 6.54 Å². The van der Waals surface area contributed by atoms with E-state index in [4.69, 9.17) is 0 Å². The number of rotatable bonds is 3. The Morgan fingerprint density at radius 3 is 2.91 bits per heavy atom. The van der Waals surface area contributed by atoms with E-state index >= 15 is 0 Å².